The van der Waals surface area contributed by atoms with Crippen molar-refractivity contribution in [2.24, 2.45) is 23.5 Å². The van der Waals surface area contributed by atoms with Crippen LogP contribution < -0.4 is 10.5 Å². The molecule has 0 aliphatic carbocycles. The normalized spacial score (nSPS) is 15.1. The van der Waals surface area contributed by atoms with Gasteiger partial charge >= 0.3 is 0 Å². The zero-order chi connectivity index (χ0) is 20.4. The van der Waals surface area contributed by atoms with E-state index in [1.54, 1.807) is 6.07 Å². The quantitative estimate of drug-likeness (QED) is 0.455. The Kier molecular flexibility index (Phi) is 10.2. The molecule has 1 aromatic carbocycles. The van der Waals surface area contributed by atoms with Gasteiger partial charge in [0.1, 0.15) is 0 Å². The first-order valence-electron chi connectivity index (χ1n) is 10.5. The Morgan fingerprint density at radius 2 is 1.78 bits per heavy atom. The van der Waals surface area contributed by atoms with Crippen LogP contribution in [-0.2, 0) is 6.42 Å². The average molecular weight is 380 g/mol. The lowest BCUT2D eigenvalue weighted by atomic mass is 9.85. The zero-order valence-electron chi connectivity index (χ0n) is 18.0. The SMILES string of the molecule is CC(C)CCCC(C)COc1ccc(CCC(N)(CO)CC(C)C)cc1O. The molecule has 0 fully saturated rings. The Bertz CT molecular complexity index is 544. The van der Waals surface area contributed by atoms with Crippen LogP contribution in [0.25, 0.3) is 0 Å². The number of nitrogens with two attached hydrogens (primary N) is 1. The molecule has 0 saturated heterocycles. The van der Waals surface area contributed by atoms with E-state index in [9.17, 15) is 10.2 Å². The molecule has 0 amide bonds. The van der Waals surface area contributed by atoms with Gasteiger partial charge in [0.15, 0.2) is 11.5 Å². The minimum atomic E-state index is -0.565. The Morgan fingerprint density at radius 3 is 2.33 bits per heavy atom. The van der Waals surface area contributed by atoms with Crippen LogP contribution in [0.4, 0.5) is 0 Å². The Hall–Kier alpha value is -1.26. The van der Waals surface area contributed by atoms with Crippen LogP contribution in [0.15, 0.2) is 18.2 Å². The summed E-state index contributed by atoms with van der Waals surface area (Å²) in [6, 6.07) is 5.57. The van der Waals surface area contributed by atoms with Crippen molar-refractivity contribution in [3.05, 3.63) is 23.8 Å². The van der Waals surface area contributed by atoms with Gasteiger partial charge < -0.3 is 20.7 Å². The van der Waals surface area contributed by atoms with Crippen LogP contribution in [0, 0.1) is 17.8 Å². The molecule has 1 rings (SSSR count). The number of ether oxygens (including phenoxy) is 1. The van der Waals surface area contributed by atoms with Crippen molar-refractivity contribution in [1.29, 1.82) is 0 Å². The van der Waals surface area contributed by atoms with Crippen molar-refractivity contribution < 1.29 is 14.9 Å². The van der Waals surface area contributed by atoms with E-state index in [0.717, 1.165) is 30.7 Å². The van der Waals surface area contributed by atoms with Gasteiger partial charge in [-0.1, -0.05) is 53.5 Å². The van der Waals surface area contributed by atoms with Crippen molar-refractivity contribution in [2.75, 3.05) is 13.2 Å². The minimum absolute atomic E-state index is 0.0208. The van der Waals surface area contributed by atoms with Crippen LogP contribution in [0.3, 0.4) is 0 Å². The van der Waals surface area contributed by atoms with Gasteiger partial charge in [-0.3, -0.25) is 0 Å². The molecule has 0 aromatic heterocycles. The van der Waals surface area contributed by atoms with E-state index in [2.05, 4.69) is 34.6 Å². The molecule has 0 aliphatic heterocycles. The number of phenols is 1. The highest BCUT2D eigenvalue weighted by Crippen LogP contribution is 2.29. The number of aliphatic hydroxyl groups is 1. The molecule has 4 nitrogen and oxygen atoms in total. The highest BCUT2D eigenvalue weighted by Gasteiger charge is 2.25. The van der Waals surface area contributed by atoms with Crippen molar-refractivity contribution in [3.8, 4) is 11.5 Å². The Balaban J connectivity index is 2.51. The van der Waals surface area contributed by atoms with Crippen molar-refractivity contribution in [3.63, 3.8) is 0 Å². The van der Waals surface area contributed by atoms with E-state index in [1.807, 2.05) is 12.1 Å². The molecule has 0 heterocycles. The molecule has 1 aromatic rings. The molecule has 4 heteroatoms. The summed E-state index contributed by atoms with van der Waals surface area (Å²) in [5.74, 6) is 2.37. The highest BCUT2D eigenvalue weighted by atomic mass is 16.5. The first-order chi connectivity index (χ1) is 12.6. The second-order valence-electron chi connectivity index (χ2n) is 9.16. The maximum atomic E-state index is 10.3. The summed E-state index contributed by atoms with van der Waals surface area (Å²) in [5, 5.41) is 19.9. The summed E-state index contributed by atoms with van der Waals surface area (Å²) < 4.78 is 5.82. The van der Waals surface area contributed by atoms with E-state index in [1.165, 1.54) is 12.8 Å². The fourth-order valence-electron chi connectivity index (χ4n) is 3.48. The molecular weight excluding hydrogens is 338 g/mol. The molecular formula is C23H41NO3. The standard InChI is InChI=1S/C23H41NO3/c1-17(2)7-6-8-19(5)15-27-22-10-9-20(13-21(22)26)11-12-23(24,16-25)14-18(3)4/h9-10,13,17-19,25-26H,6-8,11-12,14-16,24H2,1-5H3. The van der Waals surface area contributed by atoms with E-state index in [-0.39, 0.29) is 12.4 Å². The maximum Gasteiger partial charge on any atom is 0.160 e. The van der Waals surface area contributed by atoms with E-state index in [0.29, 0.717) is 30.6 Å². The number of phenolic OH excluding ortho intramolecular Hbond substituents is 1. The van der Waals surface area contributed by atoms with Crippen molar-refractivity contribution in [2.45, 2.75) is 78.7 Å². The van der Waals surface area contributed by atoms with Gasteiger partial charge in [0.05, 0.1) is 13.2 Å². The van der Waals surface area contributed by atoms with Crippen molar-refractivity contribution >= 4 is 0 Å². The van der Waals surface area contributed by atoms with Gasteiger partial charge in [-0.05, 0) is 61.1 Å². The fourth-order valence-corrected chi connectivity index (χ4v) is 3.48. The lowest BCUT2D eigenvalue weighted by molar-refractivity contribution is 0.165. The molecule has 156 valence electrons. The molecule has 0 radical (unpaired) electrons. The topological polar surface area (TPSA) is 75.7 Å². The number of rotatable bonds is 13. The molecule has 0 saturated carbocycles. The number of hydrogen-bond donors (Lipinski definition) is 3. The number of aromatic hydroxyl groups is 1. The largest absolute Gasteiger partial charge is 0.504 e. The highest BCUT2D eigenvalue weighted by molar-refractivity contribution is 5.41. The van der Waals surface area contributed by atoms with Gasteiger partial charge in [-0.25, -0.2) is 0 Å². The first-order valence-corrected chi connectivity index (χ1v) is 10.5. The predicted octanol–water partition coefficient (Wildman–Crippen LogP) is 4.90. The lowest BCUT2D eigenvalue weighted by Crippen LogP contribution is -2.45. The molecule has 2 unspecified atom stereocenters. The lowest BCUT2D eigenvalue weighted by Gasteiger charge is -2.29. The third kappa shape index (κ3) is 9.48. The number of aryl methyl sites for hydroxylation is 1. The van der Waals surface area contributed by atoms with Crippen LogP contribution in [0.5, 0.6) is 11.5 Å². The minimum Gasteiger partial charge on any atom is -0.504 e. The van der Waals surface area contributed by atoms with Crippen LogP contribution >= 0.6 is 0 Å². The van der Waals surface area contributed by atoms with Crippen LogP contribution in [-0.4, -0.2) is 29.0 Å². The molecule has 0 aliphatic rings. The van der Waals surface area contributed by atoms with Gasteiger partial charge in [0.2, 0.25) is 0 Å². The van der Waals surface area contributed by atoms with Gasteiger partial charge in [0, 0.05) is 5.54 Å². The van der Waals surface area contributed by atoms with Gasteiger partial charge in [-0.15, -0.1) is 0 Å². The Morgan fingerprint density at radius 1 is 1.07 bits per heavy atom. The smallest absolute Gasteiger partial charge is 0.160 e. The van der Waals surface area contributed by atoms with Gasteiger partial charge in [0.25, 0.3) is 0 Å². The second-order valence-corrected chi connectivity index (χ2v) is 9.16. The molecule has 4 N–H and O–H groups in total. The van der Waals surface area contributed by atoms with E-state index >= 15 is 0 Å². The Labute approximate surface area is 166 Å². The summed E-state index contributed by atoms with van der Waals surface area (Å²) in [6.07, 6.45) is 5.81. The van der Waals surface area contributed by atoms with Gasteiger partial charge in [-0.2, -0.15) is 0 Å². The van der Waals surface area contributed by atoms with Crippen molar-refractivity contribution in [1.82, 2.24) is 0 Å². The average Bonchev–Trinajstić information content (AvgIpc) is 2.58. The van der Waals surface area contributed by atoms with E-state index < -0.39 is 5.54 Å². The van der Waals surface area contributed by atoms with E-state index in [4.69, 9.17) is 10.5 Å². The zero-order valence-corrected chi connectivity index (χ0v) is 18.0. The molecule has 0 spiro atoms. The summed E-state index contributed by atoms with van der Waals surface area (Å²) in [6.45, 7) is 11.5. The molecule has 2 atom stereocenters. The summed E-state index contributed by atoms with van der Waals surface area (Å²) in [7, 11) is 0. The number of aliphatic hydroxyl groups excluding tert-OH is 1. The monoisotopic (exact) mass is 379 g/mol. The third-order valence-electron chi connectivity index (χ3n) is 5.07. The molecule has 0 bridgehead atoms. The van der Waals surface area contributed by atoms with Crippen LogP contribution in [0.2, 0.25) is 0 Å². The second kappa shape index (κ2) is 11.6. The first kappa shape index (κ1) is 23.8. The predicted molar refractivity (Wildman–Crippen MR) is 113 cm³/mol. The summed E-state index contributed by atoms with van der Waals surface area (Å²) in [4.78, 5) is 0. The van der Waals surface area contributed by atoms with Crippen LogP contribution in [0.1, 0.15) is 72.3 Å². The fraction of sp³-hybridized carbons (Fsp3) is 0.739. The third-order valence-corrected chi connectivity index (χ3v) is 5.07. The summed E-state index contributed by atoms with van der Waals surface area (Å²) in [5.41, 5.74) is 6.76. The molecule has 27 heavy (non-hydrogen) atoms. The summed E-state index contributed by atoms with van der Waals surface area (Å²) >= 11 is 0. The number of hydrogen-bond acceptors (Lipinski definition) is 4. The number of benzene rings is 1. The maximum absolute atomic E-state index is 10.3.